The van der Waals surface area contributed by atoms with E-state index in [1.807, 2.05) is 0 Å². The maximum Gasteiger partial charge on any atom is 0.163 e. The zero-order valence-corrected chi connectivity index (χ0v) is 14.0. The SMILES string of the molecule is COC1(c2nc(Cl)c(C3CCCC3)c(Cl)n2)CCCCC1. The van der Waals surface area contributed by atoms with Crippen LogP contribution in [0.1, 0.15) is 75.1 Å². The quantitative estimate of drug-likeness (QED) is 0.711. The van der Waals surface area contributed by atoms with Gasteiger partial charge in [-0.2, -0.15) is 0 Å². The molecule has 0 radical (unpaired) electrons. The minimum Gasteiger partial charge on any atom is -0.370 e. The minimum atomic E-state index is -0.403. The Morgan fingerprint density at radius 2 is 1.52 bits per heavy atom. The number of hydrogen-bond acceptors (Lipinski definition) is 3. The largest absolute Gasteiger partial charge is 0.370 e. The van der Waals surface area contributed by atoms with Crippen LogP contribution in [0, 0.1) is 0 Å². The van der Waals surface area contributed by atoms with Gasteiger partial charge in [-0.05, 0) is 31.6 Å². The third-order valence-electron chi connectivity index (χ3n) is 5.08. The Balaban J connectivity index is 1.97. The fraction of sp³-hybridized carbons (Fsp3) is 0.750. The summed E-state index contributed by atoms with van der Waals surface area (Å²) in [6.07, 6.45) is 10.1. The molecular formula is C16H22Cl2N2O. The molecule has 5 heteroatoms. The van der Waals surface area contributed by atoms with Crippen molar-refractivity contribution in [3.63, 3.8) is 0 Å². The number of rotatable bonds is 3. The molecule has 0 unspecified atom stereocenters. The van der Waals surface area contributed by atoms with Crippen LogP contribution in [0.3, 0.4) is 0 Å². The molecule has 0 amide bonds. The van der Waals surface area contributed by atoms with Gasteiger partial charge < -0.3 is 4.74 Å². The predicted molar refractivity (Wildman–Crippen MR) is 85.0 cm³/mol. The van der Waals surface area contributed by atoms with Gasteiger partial charge in [0.15, 0.2) is 5.82 Å². The number of hydrogen-bond donors (Lipinski definition) is 0. The van der Waals surface area contributed by atoms with Gasteiger partial charge in [-0.3, -0.25) is 0 Å². The molecule has 2 fully saturated rings. The maximum atomic E-state index is 6.46. The number of ether oxygens (including phenoxy) is 1. The van der Waals surface area contributed by atoms with Crippen LogP contribution < -0.4 is 0 Å². The lowest BCUT2D eigenvalue weighted by atomic mass is 9.84. The van der Waals surface area contributed by atoms with Crippen molar-refractivity contribution in [2.45, 2.75) is 69.3 Å². The second-order valence-corrected chi connectivity index (χ2v) is 7.00. The van der Waals surface area contributed by atoms with Crippen LogP contribution in [0.2, 0.25) is 10.3 Å². The maximum absolute atomic E-state index is 6.46. The van der Waals surface area contributed by atoms with E-state index in [1.165, 1.54) is 19.3 Å². The topological polar surface area (TPSA) is 35.0 Å². The van der Waals surface area contributed by atoms with E-state index in [9.17, 15) is 0 Å². The molecule has 0 aromatic carbocycles. The summed E-state index contributed by atoms with van der Waals surface area (Å²) in [6, 6.07) is 0. The molecule has 0 spiro atoms. The first-order valence-corrected chi connectivity index (χ1v) is 8.70. The van der Waals surface area contributed by atoms with Crippen LogP contribution in [-0.2, 0) is 10.3 Å². The molecule has 0 saturated heterocycles. The average Bonchev–Trinajstić information content (AvgIpc) is 3.01. The van der Waals surface area contributed by atoms with Crippen molar-refractivity contribution in [2.24, 2.45) is 0 Å². The fourth-order valence-corrected chi connectivity index (χ4v) is 4.51. The third kappa shape index (κ3) is 2.93. The van der Waals surface area contributed by atoms with Gasteiger partial charge >= 0.3 is 0 Å². The van der Waals surface area contributed by atoms with Crippen molar-refractivity contribution in [3.8, 4) is 0 Å². The van der Waals surface area contributed by atoms with Crippen LogP contribution in [0.15, 0.2) is 0 Å². The molecule has 2 aliphatic rings. The van der Waals surface area contributed by atoms with Crippen LogP contribution in [0.5, 0.6) is 0 Å². The van der Waals surface area contributed by atoms with Gasteiger partial charge in [0, 0.05) is 12.7 Å². The molecule has 2 aliphatic carbocycles. The normalized spacial score (nSPS) is 22.6. The molecule has 21 heavy (non-hydrogen) atoms. The highest BCUT2D eigenvalue weighted by atomic mass is 35.5. The van der Waals surface area contributed by atoms with Crippen LogP contribution in [0.4, 0.5) is 0 Å². The summed E-state index contributed by atoms with van der Waals surface area (Å²) in [5, 5.41) is 1.05. The lowest BCUT2D eigenvalue weighted by Gasteiger charge is -2.34. The van der Waals surface area contributed by atoms with E-state index in [-0.39, 0.29) is 0 Å². The van der Waals surface area contributed by atoms with Gasteiger partial charge in [0.25, 0.3) is 0 Å². The minimum absolute atomic E-state index is 0.403. The van der Waals surface area contributed by atoms with E-state index in [0.717, 1.165) is 44.1 Å². The van der Waals surface area contributed by atoms with Gasteiger partial charge in [0.05, 0.1) is 0 Å². The summed E-state index contributed by atoms with van der Waals surface area (Å²) in [6.45, 7) is 0. The highest BCUT2D eigenvalue weighted by molar-refractivity contribution is 6.34. The summed E-state index contributed by atoms with van der Waals surface area (Å²) in [4.78, 5) is 9.18. The first kappa shape index (κ1) is 15.5. The second-order valence-electron chi connectivity index (χ2n) is 6.28. The summed E-state index contributed by atoms with van der Waals surface area (Å²) >= 11 is 12.9. The van der Waals surface area contributed by atoms with Crippen LogP contribution in [-0.4, -0.2) is 17.1 Å². The van der Waals surface area contributed by atoms with Gasteiger partial charge in [-0.1, -0.05) is 55.3 Å². The monoisotopic (exact) mass is 328 g/mol. The van der Waals surface area contributed by atoms with Crippen LogP contribution in [0.25, 0.3) is 0 Å². The summed E-state index contributed by atoms with van der Waals surface area (Å²) in [5.74, 6) is 1.09. The van der Waals surface area contributed by atoms with Gasteiger partial charge in [-0.15, -0.1) is 0 Å². The molecular weight excluding hydrogens is 307 g/mol. The first-order valence-electron chi connectivity index (χ1n) is 7.95. The van der Waals surface area contributed by atoms with Gasteiger partial charge in [-0.25, -0.2) is 9.97 Å². The average molecular weight is 329 g/mol. The molecule has 0 bridgehead atoms. The van der Waals surface area contributed by atoms with E-state index >= 15 is 0 Å². The Morgan fingerprint density at radius 3 is 2.05 bits per heavy atom. The Hall–Kier alpha value is -0.380. The van der Waals surface area contributed by atoms with Crippen molar-refractivity contribution in [1.82, 2.24) is 9.97 Å². The summed E-state index contributed by atoms with van der Waals surface area (Å²) in [7, 11) is 1.74. The molecule has 116 valence electrons. The molecule has 2 saturated carbocycles. The smallest absolute Gasteiger partial charge is 0.163 e. The van der Waals surface area contributed by atoms with Crippen molar-refractivity contribution in [3.05, 3.63) is 21.7 Å². The lowest BCUT2D eigenvalue weighted by Crippen LogP contribution is -2.33. The van der Waals surface area contributed by atoms with Crippen molar-refractivity contribution < 1.29 is 4.74 Å². The highest BCUT2D eigenvalue weighted by Crippen LogP contribution is 2.43. The van der Waals surface area contributed by atoms with Crippen molar-refractivity contribution in [1.29, 1.82) is 0 Å². The molecule has 3 rings (SSSR count). The Kier molecular flexibility index (Phi) is 4.72. The third-order valence-corrected chi connectivity index (χ3v) is 5.65. The summed E-state index contributed by atoms with van der Waals surface area (Å²) < 4.78 is 5.80. The number of nitrogens with zero attached hydrogens (tertiary/aromatic N) is 2. The molecule has 1 aromatic heterocycles. The van der Waals surface area contributed by atoms with Gasteiger partial charge in [0.2, 0.25) is 0 Å². The molecule has 0 atom stereocenters. The zero-order chi connectivity index (χ0) is 14.9. The lowest BCUT2D eigenvalue weighted by molar-refractivity contribution is -0.0515. The van der Waals surface area contributed by atoms with E-state index in [4.69, 9.17) is 27.9 Å². The Morgan fingerprint density at radius 1 is 0.952 bits per heavy atom. The van der Waals surface area contributed by atoms with Crippen LogP contribution >= 0.6 is 23.2 Å². The molecule has 1 aromatic rings. The Labute approximate surface area is 136 Å². The number of aromatic nitrogens is 2. The molecule has 0 aliphatic heterocycles. The fourth-order valence-electron chi connectivity index (χ4n) is 3.81. The van der Waals surface area contributed by atoms with E-state index in [0.29, 0.717) is 22.0 Å². The number of methoxy groups -OCH3 is 1. The van der Waals surface area contributed by atoms with Gasteiger partial charge in [0.1, 0.15) is 15.9 Å². The van der Waals surface area contributed by atoms with E-state index in [1.54, 1.807) is 7.11 Å². The van der Waals surface area contributed by atoms with E-state index in [2.05, 4.69) is 9.97 Å². The number of halogens is 2. The molecule has 3 nitrogen and oxygen atoms in total. The standard InChI is InChI=1S/C16H22Cl2N2O/c1-21-16(9-5-2-6-10-16)15-19-13(17)12(14(18)20-15)11-7-3-4-8-11/h11H,2-10H2,1H3. The second kappa shape index (κ2) is 6.39. The van der Waals surface area contributed by atoms with E-state index < -0.39 is 5.60 Å². The van der Waals surface area contributed by atoms with Crippen molar-refractivity contribution in [2.75, 3.05) is 7.11 Å². The molecule has 0 N–H and O–H groups in total. The predicted octanol–water partition coefficient (Wildman–Crippen LogP) is 5.25. The summed E-state index contributed by atoms with van der Waals surface area (Å²) in [5.41, 5.74) is 0.543. The Bertz CT molecular complexity index is 486. The van der Waals surface area contributed by atoms with Crippen molar-refractivity contribution >= 4 is 23.2 Å². The highest BCUT2D eigenvalue weighted by Gasteiger charge is 2.38. The zero-order valence-electron chi connectivity index (χ0n) is 12.5. The molecule has 1 heterocycles. The first-order chi connectivity index (χ1) is 10.2.